The SMILES string of the molecule is c1ccc(-c2cc3c4c(c2)N(c2ccccc2)c2c(cc5c6cccc7cccc(c8cccc2c85)c76)B4c2cc4c5cccc6cccc(c7cccc(c2N3c2ccccc2)c74)c65)cc1. The maximum absolute atomic E-state index is 2.61. The minimum atomic E-state index is -0.0962. The number of hydrogen-bond acceptors (Lipinski definition) is 2. The molecule has 0 bridgehead atoms. The second kappa shape index (κ2) is 13.0. The quantitative estimate of drug-likeness (QED) is 0.0993. The number of anilines is 6. The first-order valence-electron chi connectivity index (χ1n) is 23.5. The summed E-state index contributed by atoms with van der Waals surface area (Å²) in [5.41, 5.74) is 13.6. The zero-order chi connectivity index (χ0) is 43.5. The van der Waals surface area contributed by atoms with E-state index in [1.807, 2.05) is 0 Å². The maximum atomic E-state index is 2.61. The molecule has 2 aliphatic rings. The Morgan fingerprint density at radius 2 is 0.627 bits per heavy atom. The summed E-state index contributed by atoms with van der Waals surface area (Å²) in [5, 5.41) is 20.8. The van der Waals surface area contributed by atoms with Crippen molar-refractivity contribution in [3.63, 3.8) is 0 Å². The van der Waals surface area contributed by atoms with E-state index in [0.29, 0.717) is 0 Å². The van der Waals surface area contributed by atoms with E-state index >= 15 is 0 Å². The molecule has 2 heterocycles. The first-order valence-corrected chi connectivity index (χ1v) is 23.5. The van der Waals surface area contributed by atoms with Crippen LogP contribution in [-0.2, 0) is 0 Å². The molecule has 0 aliphatic carbocycles. The summed E-state index contributed by atoms with van der Waals surface area (Å²) in [6.07, 6.45) is 0. The number of hydrogen-bond donors (Lipinski definition) is 0. The Kier molecular flexibility index (Phi) is 6.92. The normalized spacial score (nSPS) is 13.3. The van der Waals surface area contributed by atoms with Crippen molar-refractivity contribution in [2.75, 3.05) is 9.80 Å². The van der Waals surface area contributed by atoms with Gasteiger partial charge < -0.3 is 9.80 Å². The zero-order valence-corrected chi connectivity index (χ0v) is 36.3. The molecular weight excluding hydrogens is 808 g/mol. The molecule has 14 aromatic rings. The third-order valence-electron chi connectivity index (χ3n) is 15.4. The second-order valence-corrected chi connectivity index (χ2v) is 18.7. The molecule has 0 N–H and O–H groups in total. The number of nitrogens with zero attached hydrogens (tertiary/aromatic N) is 2. The summed E-state index contributed by atoms with van der Waals surface area (Å²) in [5.74, 6) is 0. The largest absolute Gasteiger partial charge is 0.311 e. The Balaban J connectivity index is 1.16. The van der Waals surface area contributed by atoms with Crippen LogP contribution in [-0.4, -0.2) is 6.71 Å². The van der Waals surface area contributed by atoms with Crippen LogP contribution in [0.4, 0.5) is 34.1 Å². The van der Waals surface area contributed by atoms with Crippen molar-refractivity contribution < 1.29 is 0 Å². The van der Waals surface area contributed by atoms with Crippen LogP contribution in [0.3, 0.4) is 0 Å². The van der Waals surface area contributed by atoms with Gasteiger partial charge in [0, 0.05) is 44.9 Å². The predicted molar refractivity (Wildman–Crippen MR) is 288 cm³/mol. The monoisotopic (exact) mass is 844 g/mol. The van der Waals surface area contributed by atoms with E-state index in [2.05, 4.69) is 234 Å². The molecule has 0 spiro atoms. The summed E-state index contributed by atoms with van der Waals surface area (Å²) in [4.78, 5) is 5.21. The van der Waals surface area contributed by atoms with Crippen LogP contribution < -0.4 is 26.2 Å². The van der Waals surface area contributed by atoms with E-state index in [1.165, 1.54) is 136 Å². The molecule has 0 radical (unpaired) electrons. The molecule has 14 aromatic carbocycles. The minimum Gasteiger partial charge on any atom is -0.311 e. The fourth-order valence-corrected chi connectivity index (χ4v) is 12.9. The third-order valence-corrected chi connectivity index (χ3v) is 15.4. The molecule has 0 aromatic heterocycles. The van der Waals surface area contributed by atoms with Gasteiger partial charge >= 0.3 is 0 Å². The van der Waals surface area contributed by atoms with Gasteiger partial charge in [-0.15, -0.1) is 0 Å². The fourth-order valence-electron chi connectivity index (χ4n) is 12.9. The maximum Gasteiger partial charge on any atom is 0.252 e. The van der Waals surface area contributed by atoms with Crippen LogP contribution in [0.5, 0.6) is 0 Å². The Hall–Kier alpha value is -8.66. The van der Waals surface area contributed by atoms with Crippen molar-refractivity contribution >= 4 is 143 Å². The molecule has 67 heavy (non-hydrogen) atoms. The average Bonchev–Trinajstić information content (AvgIpc) is 3.39. The van der Waals surface area contributed by atoms with Crippen molar-refractivity contribution in [1.82, 2.24) is 0 Å². The molecule has 0 atom stereocenters. The van der Waals surface area contributed by atoms with Gasteiger partial charge in [0.15, 0.2) is 0 Å². The van der Waals surface area contributed by atoms with Gasteiger partial charge in [-0.3, -0.25) is 0 Å². The fraction of sp³-hybridized carbons (Fsp3) is 0. The average molecular weight is 845 g/mol. The van der Waals surface area contributed by atoms with Gasteiger partial charge in [0.1, 0.15) is 0 Å². The summed E-state index contributed by atoms with van der Waals surface area (Å²) >= 11 is 0. The summed E-state index contributed by atoms with van der Waals surface area (Å²) in [6, 6.07) is 84.8. The molecular formula is C64H37BN2. The lowest BCUT2D eigenvalue weighted by atomic mass is 9.33. The topological polar surface area (TPSA) is 6.48 Å². The first-order chi connectivity index (χ1) is 33.3. The van der Waals surface area contributed by atoms with Crippen LogP contribution in [0.15, 0.2) is 224 Å². The van der Waals surface area contributed by atoms with Gasteiger partial charge in [-0.1, -0.05) is 188 Å². The van der Waals surface area contributed by atoms with E-state index in [-0.39, 0.29) is 6.71 Å². The molecule has 16 rings (SSSR count). The van der Waals surface area contributed by atoms with Gasteiger partial charge in [0.2, 0.25) is 0 Å². The van der Waals surface area contributed by atoms with Crippen LogP contribution in [0.2, 0.25) is 0 Å². The van der Waals surface area contributed by atoms with Crippen molar-refractivity contribution in [3.05, 3.63) is 224 Å². The van der Waals surface area contributed by atoms with Crippen LogP contribution >= 0.6 is 0 Å². The Morgan fingerprint density at radius 3 is 1.06 bits per heavy atom. The van der Waals surface area contributed by atoms with E-state index in [4.69, 9.17) is 0 Å². The number of rotatable bonds is 3. The van der Waals surface area contributed by atoms with Gasteiger partial charge in [-0.05, 0) is 139 Å². The molecule has 3 heteroatoms. The molecule has 0 amide bonds. The van der Waals surface area contributed by atoms with Crippen molar-refractivity contribution in [3.8, 4) is 11.1 Å². The van der Waals surface area contributed by atoms with Gasteiger partial charge in [-0.2, -0.15) is 0 Å². The van der Waals surface area contributed by atoms with Gasteiger partial charge in [0.25, 0.3) is 6.71 Å². The lowest BCUT2D eigenvalue weighted by Crippen LogP contribution is -2.61. The van der Waals surface area contributed by atoms with E-state index in [9.17, 15) is 0 Å². The second-order valence-electron chi connectivity index (χ2n) is 18.7. The standard InChI is InChI=1S/C64H37BN2/c1-4-16-38(17-5-1)41-34-56-62-57(35-41)67(43-24-8-3-9-25-43)64-51-33-15-31-47-45-27-11-19-40-21-13-29-49(59(40)45)53(61(47)51)37-55(64)65(62)54-36-52-48-28-12-20-39-18-10-26-44(58(39)48)46-30-14-32-50(60(46)52)63(54)66(56)42-22-6-2-7-23-42/h1-37H. The molecule has 0 saturated heterocycles. The smallest absolute Gasteiger partial charge is 0.252 e. The van der Waals surface area contributed by atoms with E-state index in [1.54, 1.807) is 0 Å². The number of fused-ring (bicyclic) bond motifs is 10. The first kappa shape index (κ1) is 35.7. The van der Waals surface area contributed by atoms with Crippen molar-refractivity contribution in [2.45, 2.75) is 0 Å². The van der Waals surface area contributed by atoms with Gasteiger partial charge in [0.05, 0.1) is 0 Å². The Bertz CT molecular complexity index is 4120. The highest BCUT2D eigenvalue weighted by Gasteiger charge is 2.45. The highest BCUT2D eigenvalue weighted by Crippen LogP contribution is 2.53. The molecule has 2 aliphatic heterocycles. The molecule has 306 valence electrons. The van der Waals surface area contributed by atoms with Gasteiger partial charge in [-0.25, -0.2) is 0 Å². The number of para-hydroxylation sites is 2. The van der Waals surface area contributed by atoms with Crippen LogP contribution in [0, 0.1) is 0 Å². The van der Waals surface area contributed by atoms with E-state index in [0.717, 1.165) is 11.4 Å². The lowest BCUT2D eigenvalue weighted by molar-refractivity contribution is 1.27. The summed E-state index contributed by atoms with van der Waals surface area (Å²) < 4.78 is 0. The molecule has 0 unspecified atom stereocenters. The molecule has 0 fully saturated rings. The van der Waals surface area contributed by atoms with Crippen molar-refractivity contribution in [2.24, 2.45) is 0 Å². The Morgan fingerprint density at radius 1 is 0.269 bits per heavy atom. The van der Waals surface area contributed by atoms with Crippen molar-refractivity contribution in [1.29, 1.82) is 0 Å². The van der Waals surface area contributed by atoms with Crippen LogP contribution in [0.25, 0.3) is 97.3 Å². The summed E-state index contributed by atoms with van der Waals surface area (Å²) in [6.45, 7) is -0.0962. The summed E-state index contributed by atoms with van der Waals surface area (Å²) in [7, 11) is 0. The zero-order valence-electron chi connectivity index (χ0n) is 36.3. The molecule has 2 nitrogen and oxygen atoms in total. The Labute approximate surface area is 386 Å². The predicted octanol–water partition coefficient (Wildman–Crippen LogP) is 15.5. The molecule has 0 saturated carbocycles. The highest BCUT2D eigenvalue weighted by atomic mass is 15.2. The third kappa shape index (κ3) is 4.60. The number of benzene rings is 14. The lowest BCUT2D eigenvalue weighted by Gasteiger charge is -2.45. The van der Waals surface area contributed by atoms with Crippen LogP contribution in [0.1, 0.15) is 0 Å². The highest BCUT2D eigenvalue weighted by molar-refractivity contribution is 7.01. The minimum absolute atomic E-state index is 0.0962. The van der Waals surface area contributed by atoms with E-state index < -0.39 is 0 Å².